The third-order valence-electron chi connectivity index (χ3n) is 4.98. The van der Waals surface area contributed by atoms with Crippen molar-refractivity contribution in [1.29, 1.82) is 0 Å². The van der Waals surface area contributed by atoms with Gasteiger partial charge in [-0.15, -0.1) is 5.54 Å². The highest BCUT2D eigenvalue weighted by molar-refractivity contribution is 14.1. The summed E-state index contributed by atoms with van der Waals surface area (Å²) in [5.41, 5.74) is 5.38. The van der Waals surface area contributed by atoms with Crippen LogP contribution in [0.2, 0.25) is 16.6 Å². The fraction of sp³-hybridized carbons (Fsp3) is 0.824. The van der Waals surface area contributed by atoms with Crippen LogP contribution in [0, 0.1) is 17.4 Å². The van der Waals surface area contributed by atoms with Gasteiger partial charge in [0.1, 0.15) is 14.2 Å². The lowest BCUT2D eigenvalue weighted by Crippen LogP contribution is -2.45. The molecule has 0 radical (unpaired) electrons. The van der Waals surface area contributed by atoms with Crippen molar-refractivity contribution < 1.29 is 14.3 Å². The number of alkyl halides is 1. The Hall–Kier alpha value is -0.223. The molecule has 126 valence electrons. The molecule has 1 heterocycles. The molecule has 0 aromatic rings. The second-order valence-corrected chi connectivity index (χ2v) is 13.6. The zero-order chi connectivity index (χ0) is 17.1. The molecule has 3 atom stereocenters. The SMILES string of the molecule is CC(C)[Si](C#C[C@@H]1OC(=O)O[C@H](CI)[C@@H]1C)(C(C)C)C(C)C. The number of cyclic esters (lactones) is 2. The Kier molecular flexibility index (Phi) is 7.25. The molecule has 1 rings (SSSR count). The van der Waals surface area contributed by atoms with Crippen molar-refractivity contribution in [2.45, 2.75) is 77.3 Å². The molecule has 0 saturated carbocycles. The molecular formula is C17H29IO3Si. The van der Waals surface area contributed by atoms with E-state index < -0.39 is 14.2 Å². The van der Waals surface area contributed by atoms with Gasteiger partial charge in [-0.25, -0.2) is 4.79 Å². The van der Waals surface area contributed by atoms with Crippen LogP contribution in [0.15, 0.2) is 0 Å². The summed E-state index contributed by atoms with van der Waals surface area (Å²) >= 11 is 2.25. The molecule has 1 aliphatic heterocycles. The van der Waals surface area contributed by atoms with Crippen LogP contribution in [-0.4, -0.2) is 30.9 Å². The second kappa shape index (κ2) is 8.05. The predicted octanol–water partition coefficient (Wildman–Crippen LogP) is 5.18. The lowest BCUT2D eigenvalue weighted by molar-refractivity contribution is -0.0660. The Balaban J connectivity index is 3.14. The maximum absolute atomic E-state index is 11.6. The lowest BCUT2D eigenvalue weighted by atomic mass is 9.99. The highest BCUT2D eigenvalue weighted by atomic mass is 127. The van der Waals surface area contributed by atoms with Crippen LogP contribution in [-0.2, 0) is 9.47 Å². The van der Waals surface area contributed by atoms with Crippen LogP contribution >= 0.6 is 22.6 Å². The summed E-state index contributed by atoms with van der Waals surface area (Å²) in [6.45, 7) is 15.8. The maximum Gasteiger partial charge on any atom is 0.509 e. The van der Waals surface area contributed by atoms with Gasteiger partial charge in [0.25, 0.3) is 0 Å². The van der Waals surface area contributed by atoms with E-state index in [-0.39, 0.29) is 18.1 Å². The normalized spacial score (nSPS) is 25.8. The third-order valence-corrected chi connectivity index (χ3v) is 12.2. The van der Waals surface area contributed by atoms with Gasteiger partial charge in [-0.2, -0.15) is 0 Å². The van der Waals surface area contributed by atoms with Crippen LogP contribution in [0.5, 0.6) is 0 Å². The summed E-state index contributed by atoms with van der Waals surface area (Å²) in [5.74, 6) is 3.45. The summed E-state index contributed by atoms with van der Waals surface area (Å²) in [6, 6.07) is 0. The molecule has 22 heavy (non-hydrogen) atoms. The van der Waals surface area contributed by atoms with Gasteiger partial charge < -0.3 is 9.47 Å². The van der Waals surface area contributed by atoms with Crippen LogP contribution < -0.4 is 0 Å². The Morgan fingerprint density at radius 2 is 1.59 bits per heavy atom. The molecule has 1 aliphatic rings. The van der Waals surface area contributed by atoms with Gasteiger partial charge in [-0.1, -0.05) is 77.0 Å². The van der Waals surface area contributed by atoms with E-state index in [1.807, 2.05) is 0 Å². The van der Waals surface area contributed by atoms with Crippen molar-refractivity contribution in [3.63, 3.8) is 0 Å². The third kappa shape index (κ3) is 4.00. The molecule has 0 bridgehead atoms. The Bertz CT molecular complexity index is 429. The van der Waals surface area contributed by atoms with E-state index in [0.717, 1.165) is 4.43 Å². The molecule has 3 nitrogen and oxygen atoms in total. The zero-order valence-corrected chi connectivity index (χ0v) is 17.9. The number of rotatable bonds is 4. The maximum atomic E-state index is 11.6. The highest BCUT2D eigenvalue weighted by Gasteiger charge is 2.42. The van der Waals surface area contributed by atoms with Crippen molar-refractivity contribution in [2.24, 2.45) is 5.92 Å². The Morgan fingerprint density at radius 1 is 1.09 bits per heavy atom. The molecule has 0 amide bonds. The van der Waals surface area contributed by atoms with Crippen molar-refractivity contribution in [1.82, 2.24) is 0 Å². The first-order valence-corrected chi connectivity index (χ1v) is 11.9. The summed E-state index contributed by atoms with van der Waals surface area (Å²) in [7, 11) is -1.79. The first-order valence-electron chi connectivity index (χ1n) is 8.12. The summed E-state index contributed by atoms with van der Waals surface area (Å²) in [5, 5.41) is 0. The topological polar surface area (TPSA) is 35.5 Å². The fourth-order valence-corrected chi connectivity index (χ4v) is 9.87. The number of hydrogen-bond acceptors (Lipinski definition) is 3. The van der Waals surface area contributed by atoms with E-state index in [0.29, 0.717) is 16.6 Å². The van der Waals surface area contributed by atoms with E-state index in [2.05, 4.69) is 82.5 Å². The van der Waals surface area contributed by atoms with Gasteiger partial charge in [0.05, 0.1) is 0 Å². The molecule has 0 unspecified atom stereocenters. The summed E-state index contributed by atoms with van der Waals surface area (Å²) < 4.78 is 11.3. The zero-order valence-electron chi connectivity index (χ0n) is 14.8. The van der Waals surface area contributed by atoms with Gasteiger partial charge in [0.2, 0.25) is 0 Å². The largest absolute Gasteiger partial charge is 0.509 e. The van der Waals surface area contributed by atoms with Gasteiger partial charge in [0, 0.05) is 10.3 Å². The number of ether oxygens (including phenoxy) is 2. The molecule has 1 fully saturated rings. The molecular weight excluding hydrogens is 407 g/mol. The second-order valence-electron chi connectivity index (χ2n) is 7.12. The van der Waals surface area contributed by atoms with E-state index in [4.69, 9.17) is 9.47 Å². The minimum atomic E-state index is -1.79. The standard InChI is InChI=1S/C17H29IO3Si/c1-11(2)22(12(3)4,13(5)6)9-8-15-14(7)16(10-18)21-17(19)20-15/h11-16H,10H2,1-7H3/t14-,15+,16-/m1/s1. The molecule has 0 aromatic carbocycles. The Labute approximate surface area is 150 Å². The highest BCUT2D eigenvalue weighted by Crippen LogP contribution is 2.41. The molecule has 0 aromatic heterocycles. The van der Waals surface area contributed by atoms with Crippen molar-refractivity contribution in [2.75, 3.05) is 4.43 Å². The van der Waals surface area contributed by atoms with Crippen molar-refractivity contribution in [3.8, 4) is 11.5 Å². The number of carbonyl (C=O) groups is 1. The smallest absolute Gasteiger partial charge is 0.430 e. The van der Waals surface area contributed by atoms with Crippen LogP contribution in [0.3, 0.4) is 0 Å². The van der Waals surface area contributed by atoms with E-state index in [9.17, 15) is 4.79 Å². The molecule has 1 saturated heterocycles. The number of hydrogen-bond donors (Lipinski definition) is 0. The van der Waals surface area contributed by atoms with Crippen LogP contribution in [0.4, 0.5) is 4.79 Å². The summed E-state index contributed by atoms with van der Waals surface area (Å²) in [4.78, 5) is 11.6. The minimum absolute atomic E-state index is 0.102. The predicted molar refractivity (Wildman–Crippen MR) is 102 cm³/mol. The number of halogens is 1. The minimum Gasteiger partial charge on any atom is -0.430 e. The molecule has 0 spiro atoms. The monoisotopic (exact) mass is 436 g/mol. The fourth-order valence-electron chi connectivity index (χ4n) is 3.63. The van der Waals surface area contributed by atoms with Crippen molar-refractivity contribution >= 4 is 36.8 Å². The van der Waals surface area contributed by atoms with Gasteiger partial charge in [-0.05, 0) is 16.6 Å². The molecule has 0 N–H and O–H groups in total. The van der Waals surface area contributed by atoms with Crippen LogP contribution in [0.25, 0.3) is 0 Å². The van der Waals surface area contributed by atoms with E-state index >= 15 is 0 Å². The van der Waals surface area contributed by atoms with Gasteiger partial charge >= 0.3 is 6.16 Å². The summed E-state index contributed by atoms with van der Waals surface area (Å²) in [6.07, 6.45) is -1.02. The molecule has 5 heteroatoms. The molecule has 0 aliphatic carbocycles. The quantitative estimate of drug-likeness (QED) is 0.200. The lowest BCUT2D eigenvalue weighted by Gasteiger charge is -2.38. The number of carbonyl (C=O) groups excluding carboxylic acids is 1. The van der Waals surface area contributed by atoms with Gasteiger partial charge in [0.15, 0.2) is 6.10 Å². The average molecular weight is 436 g/mol. The van der Waals surface area contributed by atoms with Crippen LogP contribution in [0.1, 0.15) is 48.5 Å². The average Bonchev–Trinajstić information content (AvgIpc) is 2.41. The first kappa shape index (κ1) is 19.8. The van der Waals surface area contributed by atoms with E-state index in [1.165, 1.54) is 0 Å². The Morgan fingerprint density at radius 3 is 2.00 bits per heavy atom. The van der Waals surface area contributed by atoms with Crippen molar-refractivity contribution in [3.05, 3.63) is 0 Å². The van der Waals surface area contributed by atoms with E-state index in [1.54, 1.807) is 0 Å². The first-order chi connectivity index (χ1) is 10.2. The van der Waals surface area contributed by atoms with Gasteiger partial charge in [-0.3, -0.25) is 0 Å².